The van der Waals surface area contributed by atoms with Crippen LogP contribution in [0.5, 0.6) is 0 Å². The Morgan fingerprint density at radius 2 is 2.06 bits per heavy atom. The Hall–Kier alpha value is -1.61. The van der Waals surface area contributed by atoms with Crippen LogP contribution < -0.4 is 5.73 Å². The summed E-state index contributed by atoms with van der Waals surface area (Å²) in [6.45, 7) is 1.85. The smallest absolute Gasteiger partial charge is 0.132 e. The van der Waals surface area contributed by atoms with Crippen LogP contribution in [0.15, 0.2) is 30.5 Å². The molecule has 4 heteroatoms. The molecule has 0 amide bonds. The third kappa shape index (κ3) is 1.99. The molecule has 1 aromatic heterocycles. The maximum absolute atomic E-state index is 13.5. The molecule has 16 heavy (non-hydrogen) atoms. The molecule has 82 valence electrons. The molecule has 0 saturated heterocycles. The third-order valence-corrected chi connectivity index (χ3v) is 2.58. The van der Waals surface area contributed by atoms with Gasteiger partial charge < -0.3 is 5.73 Å². The van der Waals surface area contributed by atoms with E-state index >= 15 is 0 Å². The van der Waals surface area contributed by atoms with E-state index in [1.165, 1.54) is 18.2 Å². The van der Waals surface area contributed by atoms with Gasteiger partial charge in [-0.1, -0.05) is 11.6 Å². The van der Waals surface area contributed by atoms with Crippen LogP contribution >= 0.6 is 11.6 Å². The molecular formula is C12H10ClFN2. The molecule has 0 aliphatic rings. The van der Waals surface area contributed by atoms with Crippen molar-refractivity contribution >= 4 is 17.3 Å². The largest absolute Gasteiger partial charge is 0.398 e. The molecule has 1 aromatic carbocycles. The van der Waals surface area contributed by atoms with Crippen molar-refractivity contribution in [3.05, 3.63) is 46.9 Å². The van der Waals surface area contributed by atoms with E-state index in [0.29, 0.717) is 22.0 Å². The van der Waals surface area contributed by atoms with Crippen LogP contribution in [0.25, 0.3) is 11.3 Å². The van der Waals surface area contributed by atoms with Gasteiger partial charge in [-0.25, -0.2) is 4.39 Å². The van der Waals surface area contributed by atoms with Crippen LogP contribution in [0.1, 0.15) is 5.56 Å². The SMILES string of the molecule is Cc1cnc(-c2cc(Cl)ccc2F)cc1N. The highest BCUT2D eigenvalue weighted by Crippen LogP contribution is 2.26. The Balaban J connectivity index is 2.58. The van der Waals surface area contributed by atoms with E-state index in [1.807, 2.05) is 6.92 Å². The first-order valence-corrected chi connectivity index (χ1v) is 5.13. The average Bonchev–Trinajstić information content (AvgIpc) is 2.26. The first-order valence-electron chi connectivity index (χ1n) is 4.75. The predicted molar refractivity (Wildman–Crippen MR) is 63.8 cm³/mol. The number of hydrogen-bond donors (Lipinski definition) is 1. The van der Waals surface area contributed by atoms with Gasteiger partial charge in [0.1, 0.15) is 5.82 Å². The minimum Gasteiger partial charge on any atom is -0.398 e. The number of hydrogen-bond acceptors (Lipinski definition) is 2. The number of nitrogens with zero attached hydrogens (tertiary/aromatic N) is 1. The molecule has 2 N–H and O–H groups in total. The number of anilines is 1. The lowest BCUT2D eigenvalue weighted by Gasteiger charge is -2.05. The van der Waals surface area contributed by atoms with Crippen LogP contribution in [0.3, 0.4) is 0 Å². The summed E-state index contributed by atoms with van der Waals surface area (Å²) in [4.78, 5) is 4.13. The van der Waals surface area contributed by atoms with Gasteiger partial charge in [0.25, 0.3) is 0 Å². The molecule has 0 aliphatic carbocycles. The summed E-state index contributed by atoms with van der Waals surface area (Å²) in [5.41, 5.74) is 8.05. The Bertz CT molecular complexity index is 541. The first-order chi connectivity index (χ1) is 7.58. The summed E-state index contributed by atoms with van der Waals surface area (Å²) < 4.78 is 13.5. The monoisotopic (exact) mass is 236 g/mol. The zero-order valence-electron chi connectivity index (χ0n) is 8.67. The lowest BCUT2D eigenvalue weighted by atomic mass is 10.1. The minimum absolute atomic E-state index is 0.360. The number of nitrogens with two attached hydrogens (primary N) is 1. The van der Waals surface area contributed by atoms with Crippen molar-refractivity contribution in [3.8, 4) is 11.3 Å². The van der Waals surface area contributed by atoms with Crippen molar-refractivity contribution in [3.63, 3.8) is 0 Å². The zero-order chi connectivity index (χ0) is 11.7. The summed E-state index contributed by atoms with van der Waals surface area (Å²) in [7, 11) is 0. The number of halogens is 2. The van der Waals surface area contributed by atoms with Gasteiger partial charge in [-0.3, -0.25) is 4.98 Å². The van der Waals surface area contributed by atoms with Gasteiger partial charge in [0.15, 0.2) is 0 Å². The van der Waals surface area contributed by atoms with Crippen molar-refractivity contribution in [1.29, 1.82) is 0 Å². The number of nitrogen functional groups attached to an aromatic ring is 1. The van der Waals surface area contributed by atoms with Crippen molar-refractivity contribution in [2.24, 2.45) is 0 Å². The quantitative estimate of drug-likeness (QED) is 0.824. The molecule has 0 saturated carbocycles. The van der Waals surface area contributed by atoms with E-state index in [4.69, 9.17) is 17.3 Å². The van der Waals surface area contributed by atoms with E-state index in [0.717, 1.165) is 5.56 Å². The van der Waals surface area contributed by atoms with E-state index in [-0.39, 0.29) is 5.82 Å². The van der Waals surface area contributed by atoms with Crippen molar-refractivity contribution in [2.75, 3.05) is 5.73 Å². The molecule has 2 aromatic rings. The van der Waals surface area contributed by atoms with Gasteiger partial charge in [-0.15, -0.1) is 0 Å². The Kier molecular flexibility index (Phi) is 2.79. The normalized spacial score (nSPS) is 10.4. The molecule has 0 aliphatic heterocycles. The fourth-order valence-corrected chi connectivity index (χ4v) is 1.55. The second-order valence-corrected chi connectivity index (χ2v) is 3.99. The number of benzene rings is 1. The van der Waals surface area contributed by atoms with Gasteiger partial charge >= 0.3 is 0 Å². The second kappa shape index (κ2) is 4.10. The highest BCUT2D eigenvalue weighted by atomic mass is 35.5. The highest BCUT2D eigenvalue weighted by Gasteiger charge is 2.08. The molecule has 1 heterocycles. The molecule has 0 unspecified atom stereocenters. The van der Waals surface area contributed by atoms with Gasteiger partial charge in [-0.2, -0.15) is 0 Å². The number of rotatable bonds is 1. The predicted octanol–water partition coefficient (Wildman–Crippen LogP) is 3.43. The van der Waals surface area contributed by atoms with Gasteiger partial charge in [-0.05, 0) is 36.8 Å². The maximum Gasteiger partial charge on any atom is 0.132 e. The fraction of sp³-hybridized carbons (Fsp3) is 0.0833. The van der Waals surface area contributed by atoms with E-state index < -0.39 is 0 Å². The molecule has 0 atom stereocenters. The summed E-state index contributed by atoms with van der Waals surface area (Å²) in [6, 6.07) is 5.99. The lowest BCUT2D eigenvalue weighted by molar-refractivity contribution is 0.631. The summed E-state index contributed by atoms with van der Waals surface area (Å²) >= 11 is 5.81. The van der Waals surface area contributed by atoms with Crippen molar-refractivity contribution in [2.45, 2.75) is 6.92 Å². The lowest BCUT2D eigenvalue weighted by Crippen LogP contribution is -1.94. The van der Waals surface area contributed by atoms with Crippen molar-refractivity contribution in [1.82, 2.24) is 4.98 Å². The molecule has 2 rings (SSSR count). The second-order valence-electron chi connectivity index (χ2n) is 3.55. The van der Waals surface area contributed by atoms with Crippen LogP contribution in [-0.2, 0) is 0 Å². The zero-order valence-corrected chi connectivity index (χ0v) is 9.42. The molecule has 0 spiro atoms. The van der Waals surface area contributed by atoms with Crippen molar-refractivity contribution < 1.29 is 4.39 Å². The first kappa shape index (κ1) is 10.9. The summed E-state index contributed by atoms with van der Waals surface area (Å²) in [5, 5.41) is 0.470. The standard InChI is InChI=1S/C12H10ClFN2/c1-7-6-16-12(5-11(7)15)9-4-8(13)2-3-10(9)14/h2-6H,1H3,(H2,15,16). The average molecular weight is 237 g/mol. The Morgan fingerprint density at radius 1 is 1.31 bits per heavy atom. The van der Waals surface area contributed by atoms with Crippen LogP contribution in [0, 0.1) is 12.7 Å². The molecule has 2 nitrogen and oxygen atoms in total. The summed E-state index contributed by atoms with van der Waals surface area (Å²) in [6.07, 6.45) is 1.62. The molecular weight excluding hydrogens is 227 g/mol. The van der Waals surface area contributed by atoms with E-state index in [9.17, 15) is 4.39 Å². The van der Waals surface area contributed by atoms with Gasteiger partial charge in [0.05, 0.1) is 5.69 Å². The molecule has 0 fully saturated rings. The Labute approximate surface area is 97.9 Å². The molecule has 0 radical (unpaired) electrons. The summed E-state index contributed by atoms with van der Waals surface area (Å²) in [5.74, 6) is -0.361. The van der Waals surface area contributed by atoms with Crippen LogP contribution in [-0.4, -0.2) is 4.98 Å². The number of aromatic nitrogens is 1. The fourth-order valence-electron chi connectivity index (χ4n) is 1.38. The van der Waals surface area contributed by atoms with Crippen LogP contribution in [0.2, 0.25) is 5.02 Å². The van der Waals surface area contributed by atoms with Gasteiger partial charge in [0.2, 0.25) is 0 Å². The topological polar surface area (TPSA) is 38.9 Å². The number of aryl methyl sites for hydroxylation is 1. The van der Waals surface area contributed by atoms with Gasteiger partial charge in [0, 0.05) is 22.5 Å². The molecule has 0 bridgehead atoms. The van der Waals surface area contributed by atoms with E-state index in [2.05, 4.69) is 4.98 Å². The maximum atomic E-state index is 13.5. The third-order valence-electron chi connectivity index (χ3n) is 2.35. The Morgan fingerprint density at radius 3 is 2.75 bits per heavy atom. The van der Waals surface area contributed by atoms with E-state index in [1.54, 1.807) is 12.3 Å². The van der Waals surface area contributed by atoms with Crippen LogP contribution in [0.4, 0.5) is 10.1 Å². The number of pyridine rings is 1. The minimum atomic E-state index is -0.361. The highest BCUT2D eigenvalue weighted by molar-refractivity contribution is 6.30.